The van der Waals surface area contributed by atoms with Crippen LogP contribution in [-0.4, -0.2) is 37.9 Å². The van der Waals surface area contributed by atoms with E-state index in [2.05, 4.69) is 11.7 Å². The van der Waals surface area contributed by atoms with Gasteiger partial charge in [0, 0.05) is 18.3 Å². The minimum atomic E-state index is -4.29. The summed E-state index contributed by atoms with van der Waals surface area (Å²) in [5.41, 5.74) is -0.138. The number of rotatable bonds is 5. The molecule has 0 aliphatic rings. The van der Waals surface area contributed by atoms with E-state index in [0.717, 1.165) is 19.5 Å². The largest absolute Gasteiger partial charge is 0.412 e. The molecule has 0 aromatic carbocycles. The van der Waals surface area contributed by atoms with Crippen molar-refractivity contribution in [1.82, 2.24) is 4.90 Å². The van der Waals surface area contributed by atoms with Crippen LogP contribution < -0.4 is 0 Å². The van der Waals surface area contributed by atoms with Gasteiger partial charge in [-0.3, -0.25) is 4.99 Å². The minimum absolute atomic E-state index is 0.420. The number of halogens is 3. The molecule has 0 amide bonds. The molecule has 0 rings (SSSR count). The van der Waals surface area contributed by atoms with Crippen molar-refractivity contribution in [2.45, 2.75) is 20.0 Å². The number of aliphatic imine (C=N–C) groups is 1. The van der Waals surface area contributed by atoms with Gasteiger partial charge in [-0.15, -0.1) is 0 Å². The molecule has 0 N–H and O–H groups in total. The van der Waals surface area contributed by atoms with E-state index in [1.165, 1.54) is 6.20 Å². The summed E-state index contributed by atoms with van der Waals surface area (Å²) in [7, 11) is 1.83. The van der Waals surface area contributed by atoms with E-state index in [1.54, 1.807) is 0 Å². The molecule has 5 heteroatoms. The molecule has 0 aliphatic carbocycles. The molecule has 0 spiro atoms. The summed E-state index contributed by atoms with van der Waals surface area (Å²) in [6.07, 6.45) is -1.84. The van der Waals surface area contributed by atoms with Crippen LogP contribution in [0.15, 0.2) is 28.4 Å². The molecule has 0 fully saturated rings. The second-order valence-corrected chi connectivity index (χ2v) is 3.54. The topological polar surface area (TPSA) is 15.6 Å². The highest BCUT2D eigenvalue weighted by molar-refractivity contribution is 5.31. The Balaban J connectivity index is 4.83. The lowest BCUT2D eigenvalue weighted by Gasteiger charge is -2.15. The fourth-order valence-electron chi connectivity index (χ4n) is 1.02. The number of likely N-dealkylation sites (N-methyl/N-ethyl adjacent to an activating group) is 1. The second-order valence-electron chi connectivity index (χ2n) is 3.54. The molecule has 92 valence electrons. The van der Waals surface area contributed by atoms with Crippen molar-refractivity contribution in [3.05, 3.63) is 23.4 Å². The molecule has 16 heavy (non-hydrogen) atoms. The quantitative estimate of drug-likeness (QED) is 0.527. The Morgan fingerprint density at radius 3 is 2.38 bits per heavy atom. The zero-order chi connectivity index (χ0) is 12.8. The lowest BCUT2D eigenvalue weighted by atomic mass is 10.1. The molecular formula is C11H17F3N2. The zero-order valence-corrected chi connectivity index (χ0v) is 9.80. The van der Waals surface area contributed by atoms with Crippen LogP contribution in [0.3, 0.4) is 0 Å². The van der Waals surface area contributed by atoms with Gasteiger partial charge in [0.15, 0.2) is 0 Å². The second kappa shape index (κ2) is 6.48. The van der Waals surface area contributed by atoms with E-state index < -0.39 is 11.7 Å². The highest BCUT2D eigenvalue weighted by Crippen LogP contribution is 2.26. The molecule has 0 aliphatic heterocycles. The summed E-state index contributed by atoms with van der Waals surface area (Å²) in [5, 5.41) is 0. The Bertz CT molecular complexity index is 290. The van der Waals surface area contributed by atoms with Crippen LogP contribution in [0.1, 0.15) is 13.8 Å². The van der Waals surface area contributed by atoms with Gasteiger partial charge in [0.05, 0.1) is 0 Å². The maximum absolute atomic E-state index is 12.3. The molecular weight excluding hydrogens is 217 g/mol. The third kappa shape index (κ3) is 5.70. The summed E-state index contributed by atoms with van der Waals surface area (Å²) in [5.74, 6) is 0. The average Bonchev–Trinajstić information content (AvgIpc) is 2.16. The van der Waals surface area contributed by atoms with Crippen LogP contribution >= 0.6 is 0 Å². The summed E-state index contributed by atoms with van der Waals surface area (Å²) < 4.78 is 36.9. The Kier molecular flexibility index (Phi) is 6.03. The number of hydrogen-bond donors (Lipinski definition) is 0. The summed E-state index contributed by atoms with van der Waals surface area (Å²) >= 11 is 0. The van der Waals surface area contributed by atoms with Gasteiger partial charge in [-0.2, -0.15) is 13.2 Å². The number of hydrogen-bond acceptors (Lipinski definition) is 2. The van der Waals surface area contributed by atoms with E-state index in [0.29, 0.717) is 12.1 Å². The first-order valence-electron chi connectivity index (χ1n) is 4.90. The van der Waals surface area contributed by atoms with Crippen LogP contribution in [-0.2, 0) is 0 Å². The van der Waals surface area contributed by atoms with Crippen molar-refractivity contribution in [2.24, 2.45) is 4.99 Å². The maximum Gasteiger partial charge on any atom is 0.412 e. The van der Waals surface area contributed by atoms with Crippen molar-refractivity contribution in [3.8, 4) is 0 Å². The molecule has 0 saturated heterocycles. The molecule has 2 nitrogen and oxygen atoms in total. The van der Waals surface area contributed by atoms with Gasteiger partial charge in [-0.1, -0.05) is 6.92 Å². The fourth-order valence-corrected chi connectivity index (χ4v) is 1.02. The Morgan fingerprint density at radius 1 is 1.44 bits per heavy atom. The Morgan fingerprint density at radius 2 is 2.00 bits per heavy atom. The summed E-state index contributed by atoms with van der Waals surface area (Å²) in [4.78, 5) is 5.39. The van der Waals surface area contributed by atoms with Crippen molar-refractivity contribution >= 4 is 6.72 Å². The third-order valence-electron chi connectivity index (χ3n) is 2.10. The van der Waals surface area contributed by atoms with Gasteiger partial charge in [-0.05, 0) is 38.9 Å². The smallest absolute Gasteiger partial charge is 0.302 e. The average molecular weight is 234 g/mol. The van der Waals surface area contributed by atoms with Gasteiger partial charge in [-0.25, -0.2) is 0 Å². The molecule has 0 radical (unpaired) electrons. The van der Waals surface area contributed by atoms with E-state index in [1.807, 2.05) is 18.9 Å². The van der Waals surface area contributed by atoms with Gasteiger partial charge >= 0.3 is 6.18 Å². The number of allylic oxidation sites excluding steroid dienone is 1. The SMILES string of the molecule is C=N/C=C(\C=C(/C)C(F)(F)F)CN(C)CC. The van der Waals surface area contributed by atoms with Crippen LogP contribution in [0, 0.1) is 0 Å². The van der Waals surface area contributed by atoms with E-state index in [-0.39, 0.29) is 0 Å². The first kappa shape index (κ1) is 14.9. The van der Waals surface area contributed by atoms with Crippen LogP contribution in [0.4, 0.5) is 13.2 Å². The number of nitrogens with zero attached hydrogens (tertiary/aromatic N) is 2. The van der Waals surface area contributed by atoms with E-state index >= 15 is 0 Å². The molecule has 0 saturated carbocycles. The standard InChI is InChI=1S/C11H17F3N2/c1-5-16(4)8-10(7-15-3)6-9(2)11(12,13)14/h6-7H,3,5,8H2,1-2,4H3/b9-6+,10-7+. The summed E-state index contributed by atoms with van der Waals surface area (Å²) in [6.45, 7) is 7.40. The minimum Gasteiger partial charge on any atom is -0.302 e. The molecule has 0 heterocycles. The van der Waals surface area contributed by atoms with Crippen LogP contribution in [0.5, 0.6) is 0 Å². The lowest BCUT2D eigenvalue weighted by Crippen LogP contribution is -2.20. The molecule has 0 bridgehead atoms. The third-order valence-corrected chi connectivity index (χ3v) is 2.10. The molecule has 0 aromatic heterocycles. The van der Waals surface area contributed by atoms with E-state index in [9.17, 15) is 13.2 Å². The van der Waals surface area contributed by atoms with Crippen LogP contribution in [0.2, 0.25) is 0 Å². The maximum atomic E-state index is 12.3. The van der Waals surface area contributed by atoms with Gasteiger partial charge in [0.25, 0.3) is 0 Å². The molecule has 0 unspecified atom stereocenters. The predicted molar refractivity (Wildman–Crippen MR) is 60.6 cm³/mol. The Labute approximate surface area is 94.2 Å². The van der Waals surface area contributed by atoms with Crippen molar-refractivity contribution in [1.29, 1.82) is 0 Å². The van der Waals surface area contributed by atoms with Crippen molar-refractivity contribution in [2.75, 3.05) is 20.1 Å². The highest BCUT2D eigenvalue weighted by atomic mass is 19.4. The van der Waals surface area contributed by atoms with Crippen molar-refractivity contribution in [3.63, 3.8) is 0 Å². The predicted octanol–water partition coefficient (Wildman–Crippen LogP) is 3.03. The van der Waals surface area contributed by atoms with E-state index in [4.69, 9.17) is 0 Å². The zero-order valence-electron chi connectivity index (χ0n) is 9.80. The fraction of sp³-hybridized carbons (Fsp3) is 0.545. The van der Waals surface area contributed by atoms with Gasteiger partial charge in [0.1, 0.15) is 0 Å². The number of alkyl halides is 3. The van der Waals surface area contributed by atoms with Gasteiger partial charge in [0.2, 0.25) is 0 Å². The lowest BCUT2D eigenvalue weighted by molar-refractivity contribution is -0.0913. The highest BCUT2D eigenvalue weighted by Gasteiger charge is 2.29. The molecule has 0 atom stereocenters. The monoisotopic (exact) mass is 234 g/mol. The Hall–Kier alpha value is -1.10. The summed E-state index contributed by atoms with van der Waals surface area (Å²) in [6, 6.07) is 0. The first-order valence-corrected chi connectivity index (χ1v) is 4.90. The van der Waals surface area contributed by atoms with Gasteiger partial charge < -0.3 is 4.90 Å². The van der Waals surface area contributed by atoms with Crippen LogP contribution in [0.25, 0.3) is 0 Å². The normalized spacial score (nSPS) is 14.4. The first-order chi connectivity index (χ1) is 7.31. The van der Waals surface area contributed by atoms with Crippen molar-refractivity contribution < 1.29 is 13.2 Å². The molecule has 0 aromatic rings.